The van der Waals surface area contributed by atoms with Crippen LogP contribution in [0.4, 0.5) is 4.79 Å². The van der Waals surface area contributed by atoms with Gasteiger partial charge in [0, 0.05) is 39.3 Å². The van der Waals surface area contributed by atoms with Crippen LogP contribution in [0.1, 0.15) is 92.8 Å². The minimum Gasteiger partial charge on any atom is -0.393 e. The topological polar surface area (TPSA) is 89.9 Å². The Balaban J connectivity index is 1.20. The number of aryl methyl sites for hydroxylation is 1. The van der Waals surface area contributed by atoms with Gasteiger partial charge in [-0.3, -0.25) is 4.79 Å². The third kappa shape index (κ3) is 4.71. The predicted octanol–water partition coefficient (Wildman–Crippen LogP) is 8.60. The van der Waals surface area contributed by atoms with E-state index in [1.165, 1.54) is 0 Å². The fourth-order valence-corrected chi connectivity index (χ4v) is 12.6. The van der Waals surface area contributed by atoms with Crippen molar-refractivity contribution in [3.05, 3.63) is 93.7 Å². The van der Waals surface area contributed by atoms with E-state index < -0.39 is 16.4 Å². The first-order chi connectivity index (χ1) is 23.8. The van der Waals surface area contributed by atoms with E-state index in [0.717, 1.165) is 63.8 Å². The molecule has 6 aliphatic carbocycles. The third-order valence-corrected chi connectivity index (χ3v) is 15.3. The van der Waals surface area contributed by atoms with E-state index in [1.807, 2.05) is 56.0 Å². The molecule has 2 bridgehead atoms. The molecule has 6 aliphatic rings. The maximum Gasteiger partial charge on any atom is 0.317 e. The fourth-order valence-electron chi connectivity index (χ4n) is 11.8. The predicted molar refractivity (Wildman–Crippen MR) is 200 cm³/mol. The third-order valence-electron chi connectivity index (χ3n) is 14.3. The molecular weight excluding hydrogens is 641 g/mol. The number of amides is 2. The van der Waals surface area contributed by atoms with Gasteiger partial charge in [0.1, 0.15) is 0 Å². The highest BCUT2D eigenvalue weighted by atomic mass is 32.1. The van der Waals surface area contributed by atoms with Crippen LogP contribution in [0.25, 0.3) is 10.8 Å². The minimum atomic E-state index is -1.15. The minimum absolute atomic E-state index is 0.0285. The number of thiophene rings is 1. The molecule has 264 valence electrons. The average Bonchev–Trinajstić information content (AvgIpc) is 3.63. The number of hydrogen-bond donors (Lipinski definition) is 3. The van der Waals surface area contributed by atoms with Gasteiger partial charge in [-0.15, -0.1) is 11.3 Å². The summed E-state index contributed by atoms with van der Waals surface area (Å²) in [6, 6.07) is 18.3. The van der Waals surface area contributed by atoms with Crippen molar-refractivity contribution in [1.82, 2.24) is 10.2 Å². The summed E-state index contributed by atoms with van der Waals surface area (Å²) in [5.41, 5.74) is -0.712. The molecule has 8 atom stereocenters. The quantitative estimate of drug-likeness (QED) is 0.171. The molecule has 2 amide bonds. The van der Waals surface area contributed by atoms with Crippen LogP contribution in [0.2, 0.25) is 0 Å². The lowest BCUT2D eigenvalue weighted by atomic mass is 9.32. The van der Waals surface area contributed by atoms with Gasteiger partial charge in [-0.05, 0) is 111 Å². The Kier molecular flexibility index (Phi) is 7.87. The number of carbonyl (C=O) groups excluding carboxylic acids is 2. The lowest BCUT2D eigenvalue weighted by Gasteiger charge is -2.71. The zero-order valence-corrected chi connectivity index (χ0v) is 31.0. The number of benzene rings is 2. The highest BCUT2D eigenvalue weighted by Gasteiger charge is 2.74. The van der Waals surface area contributed by atoms with Crippen molar-refractivity contribution < 1.29 is 19.8 Å². The number of nitrogens with one attached hydrogen (secondary N) is 1. The van der Waals surface area contributed by atoms with E-state index in [0.29, 0.717) is 19.4 Å². The number of rotatable bonds is 7. The van der Waals surface area contributed by atoms with E-state index in [9.17, 15) is 19.8 Å². The lowest BCUT2D eigenvalue weighted by Crippen LogP contribution is -2.67. The molecular formula is C43H52N2O4S. The zero-order valence-electron chi connectivity index (χ0n) is 30.2. The van der Waals surface area contributed by atoms with Crippen molar-refractivity contribution in [1.29, 1.82) is 0 Å². The largest absolute Gasteiger partial charge is 0.393 e. The van der Waals surface area contributed by atoms with Crippen LogP contribution in [-0.4, -0.2) is 51.2 Å². The summed E-state index contributed by atoms with van der Waals surface area (Å²) in [7, 11) is 0. The molecule has 3 aromatic rings. The summed E-state index contributed by atoms with van der Waals surface area (Å²) in [6.45, 7) is 11.3. The van der Waals surface area contributed by atoms with Gasteiger partial charge in [0.15, 0.2) is 5.78 Å². The molecule has 9 rings (SSSR count). The Morgan fingerprint density at radius 2 is 1.66 bits per heavy atom. The second-order valence-electron chi connectivity index (χ2n) is 17.1. The van der Waals surface area contributed by atoms with Crippen LogP contribution in [0.15, 0.2) is 78.4 Å². The Bertz CT molecular complexity index is 1920. The van der Waals surface area contributed by atoms with Crippen molar-refractivity contribution in [3.63, 3.8) is 0 Å². The molecule has 3 saturated carbocycles. The van der Waals surface area contributed by atoms with Gasteiger partial charge in [-0.2, -0.15) is 0 Å². The van der Waals surface area contributed by atoms with E-state index in [4.69, 9.17) is 0 Å². The van der Waals surface area contributed by atoms with Gasteiger partial charge in [-0.1, -0.05) is 74.5 Å². The van der Waals surface area contributed by atoms with Crippen molar-refractivity contribution in [2.45, 2.75) is 104 Å². The molecule has 0 radical (unpaired) electrons. The number of allylic oxidation sites excluding steroid dienone is 4. The number of hydrogen-bond acceptors (Lipinski definition) is 5. The first-order valence-corrected chi connectivity index (χ1v) is 19.5. The summed E-state index contributed by atoms with van der Waals surface area (Å²) in [6.07, 6.45) is 12.0. The molecule has 8 unspecified atom stereocenters. The molecule has 3 N–H and O–H groups in total. The van der Waals surface area contributed by atoms with Crippen molar-refractivity contribution >= 4 is 33.9 Å². The van der Waals surface area contributed by atoms with Crippen molar-refractivity contribution in [2.24, 2.45) is 33.5 Å². The van der Waals surface area contributed by atoms with Gasteiger partial charge in [0.25, 0.3) is 0 Å². The van der Waals surface area contributed by atoms with Gasteiger partial charge >= 0.3 is 6.03 Å². The van der Waals surface area contributed by atoms with Crippen LogP contribution in [0.5, 0.6) is 0 Å². The molecule has 0 saturated heterocycles. The lowest BCUT2D eigenvalue weighted by molar-refractivity contribution is -0.174. The smallest absolute Gasteiger partial charge is 0.317 e. The number of nitrogens with zero attached hydrogens (tertiary/aromatic N) is 1. The van der Waals surface area contributed by atoms with E-state index in [-0.39, 0.29) is 53.2 Å². The maximum absolute atomic E-state index is 14.8. The number of ketones is 1. The molecule has 1 aromatic heterocycles. The fraction of sp³-hybridized carbons (Fsp3) is 0.535. The number of urea groups is 1. The van der Waals surface area contributed by atoms with E-state index >= 15 is 0 Å². The number of aliphatic hydroxyl groups excluding tert-OH is 1. The SMILES string of the molecule is Cc1ccc(C(=O)C2=CC34C=CC25C(CCC2(C)C5CCC2(O)CN(Cc2cccc5ccccc25)C(=O)NC(C)C)C3(C)CCC(O)C4)s1. The Labute approximate surface area is 300 Å². The van der Waals surface area contributed by atoms with Gasteiger partial charge in [-0.25, -0.2) is 4.79 Å². The highest BCUT2D eigenvalue weighted by Crippen LogP contribution is 2.78. The number of fused-ring (bicyclic) bond motifs is 2. The summed E-state index contributed by atoms with van der Waals surface area (Å²) >= 11 is 1.56. The molecule has 3 fully saturated rings. The summed E-state index contributed by atoms with van der Waals surface area (Å²) in [4.78, 5) is 32.5. The Morgan fingerprint density at radius 1 is 0.940 bits per heavy atom. The molecule has 2 aromatic carbocycles. The van der Waals surface area contributed by atoms with Crippen LogP contribution in [-0.2, 0) is 6.54 Å². The molecule has 2 spiro atoms. The van der Waals surface area contributed by atoms with Crippen LogP contribution in [0.3, 0.4) is 0 Å². The number of aliphatic hydroxyl groups is 2. The van der Waals surface area contributed by atoms with Crippen LogP contribution in [0, 0.1) is 40.4 Å². The van der Waals surface area contributed by atoms with Gasteiger partial charge in [0.05, 0.1) is 23.1 Å². The number of carbonyl (C=O) groups is 2. The van der Waals surface area contributed by atoms with Crippen molar-refractivity contribution in [3.8, 4) is 0 Å². The first kappa shape index (κ1) is 33.9. The molecule has 0 aliphatic heterocycles. The van der Waals surface area contributed by atoms with Gasteiger partial charge in [0.2, 0.25) is 0 Å². The van der Waals surface area contributed by atoms with Gasteiger partial charge < -0.3 is 20.4 Å². The monoisotopic (exact) mass is 692 g/mol. The van der Waals surface area contributed by atoms with E-state index in [1.54, 1.807) is 11.3 Å². The Morgan fingerprint density at radius 3 is 2.42 bits per heavy atom. The Hall–Kier alpha value is -3.26. The molecule has 6 nitrogen and oxygen atoms in total. The first-order valence-electron chi connectivity index (χ1n) is 18.7. The second kappa shape index (κ2) is 11.6. The summed E-state index contributed by atoms with van der Waals surface area (Å²) in [5.74, 6) is 0.363. The average molecular weight is 693 g/mol. The van der Waals surface area contributed by atoms with E-state index in [2.05, 4.69) is 61.7 Å². The highest BCUT2D eigenvalue weighted by molar-refractivity contribution is 7.14. The maximum atomic E-state index is 14.8. The van der Waals surface area contributed by atoms with Crippen molar-refractivity contribution in [2.75, 3.05) is 6.54 Å². The number of Topliss-reactive ketones (excluding diaryl/α,β-unsaturated/α-hetero) is 1. The standard InChI is InChI=1S/C43H52N2O4S/c1-27(2)44-38(48)45(25-30-11-8-10-29-9-6-7-12-32(29)30)26-42(49)20-17-36-40(42,5)19-16-35-39(4)18-15-31(46)23-41(39)21-22-43(35,36)33(24-41)37(47)34-14-13-28(3)50-34/h6-14,21-22,24,27,31,35-36,46,49H,15-20,23,25-26H2,1-5H3,(H,44,48). The van der Waals surface area contributed by atoms with Crippen LogP contribution < -0.4 is 5.32 Å². The summed E-state index contributed by atoms with van der Waals surface area (Å²) in [5, 5.41) is 29.5. The van der Waals surface area contributed by atoms with Crippen LogP contribution >= 0.6 is 11.3 Å². The normalized spacial score (nSPS) is 36.9. The summed E-state index contributed by atoms with van der Waals surface area (Å²) < 4.78 is 0. The zero-order chi connectivity index (χ0) is 35.3. The second-order valence-corrected chi connectivity index (χ2v) is 18.4. The molecule has 1 heterocycles. The molecule has 7 heteroatoms. The molecule has 50 heavy (non-hydrogen) atoms.